The van der Waals surface area contributed by atoms with E-state index in [9.17, 15) is 4.79 Å². The van der Waals surface area contributed by atoms with E-state index in [1.165, 1.54) is 6.42 Å². The van der Waals surface area contributed by atoms with E-state index < -0.39 is 0 Å². The van der Waals surface area contributed by atoms with Crippen molar-refractivity contribution in [2.24, 2.45) is 5.41 Å². The molecule has 0 saturated heterocycles. The molecule has 0 aliphatic heterocycles. The van der Waals surface area contributed by atoms with E-state index in [4.69, 9.17) is 5.73 Å². The normalized spacial score (nSPS) is 18.6. The van der Waals surface area contributed by atoms with Crippen LogP contribution in [0.25, 0.3) is 0 Å². The molecule has 1 aromatic heterocycles. The lowest BCUT2D eigenvalue weighted by molar-refractivity contribution is -0.126. The first-order valence-electron chi connectivity index (χ1n) is 6.13. The van der Waals surface area contributed by atoms with Crippen molar-refractivity contribution in [2.45, 2.75) is 39.0 Å². The van der Waals surface area contributed by atoms with Crippen molar-refractivity contribution < 1.29 is 4.79 Å². The van der Waals surface area contributed by atoms with Gasteiger partial charge >= 0.3 is 0 Å². The maximum Gasteiger partial charge on any atom is 0.230 e. The summed E-state index contributed by atoms with van der Waals surface area (Å²) in [6.07, 6.45) is 7.07. The van der Waals surface area contributed by atoms with Gasteiger partial charge in [-0.15, -0.1) is 0 Å². The second kappa shape index (κ2) is 4.73. The number of hydrogen-bond donors (Lipinski definition) is 2. The first kappa shape index (κ1) is 11.9. The molecular weight excluding hydrogens is 214 g/mol. The van der Waals surface area contributed by atoms with Crippen molar-refractivity contribution in [3.05, 3.63) is 18.3 Å². The molecule has 0 aromatic carbocycles. The number of carbonyl (C=O) groups excluding carboxylic acids is 1. The highest BCUT2D eigenvalue weighted by Crippen LogP contribution is 2.36. The van der Waals surface area contributed by atoms with Crippen LogP contribution >= 0.6 is 0 Å². The average molecular weight is 233 g/mol. The van der Waals surface area contributed by atoms with Crippen LogP contribution in [0, 0.1) is 5.41 Å². The van der Waals surface area contributed by atoms with Gasteiger partial charge in [0, 0.05) is 5.41 Å². The topological polar surface area (TPSA) is 68.0 Å². The van der Waals surface area contributed by atoms with E-state index in [0.29, 0.717) is 5.82 Å². The molecule has 0 atom stereocenters. The quantitative estimate of drug-likeness (QED) is 0.825. The number of nitrogens with zero attached hydrogens (tertiary/aromatic N) is 1. The lowest BCUT2D eigenvalue weighted by atomic mass is 9.75. The van der Waals surface area contributed by atoms with Gasteiger partial charge in [0.25, 0.3) is 0 Å². The van der Waals surface area contributed by atoms with E-state index in [2.05, 4.69) is 10.3 Å². The Hall–Kier alpha value is -1.58. The largest absolute Gasteiger partial charge is 0.384 e. The molecule has 1 amide bonds. The highest BCUT2D eigenvalue weighted by molar-refractivity contribution is 5.95. The number of carbonyl (C=O) groups is 1. The summed E-state index contributed by atoms with van der Waals surface area (Å²) in [5, 5.41) is 2.92. The maximum atomic E-state index is 12.2. The number of anilines is 2. The van der Waals surface area contributed by atoms with Crippen LogP contribution in [0.5, 0.6) is 0 Å². The highest BCUT2D eigenvalue weighted by Gasteiger charge is 2.34. The van der Waals surface area contributed by atoms with Gasteiger partial charge in [-0.1, -0.05) is 26.2 Å². The van der Waals surface area contributed by atoms with Crippen LogP contribution in [0.2, 0.25) is 0 Å². The summed E-state index contributed by atoms with van der Waals surface area (Å²) in [6, 6.07) is 3.48. The van der Waals surface area contributed by atoms with Gasteiger partial charge in [-0.25, -0.2) is 4.98 Å². The van der Waals surface area contributed by atoms with Crippen LogP contribution in [0.15, 0.2) is 18.3 Å². The van der Waals surface area contributed by atoms with Gasteiger partial charge in [0.1, 0.15) is 5.82 Å². The predicted octanol–water partition coefficient (Wildman–Crippen LogP) is 2.57. The summed E-state index contributed by atoms with van der Waals surface area (Å²) < 4.78 is 0. The fourth-order valence-electron chi connectivity index (χ4n) is 2.32. The summed E-state index contributed by atoms with van der Waals surface area (Å²) in [4.78, 5) is 16.2. The Morgan fingerprint density at radius 1 is 1.35 bits per heavy atom. The Morgan fingerprint density at radius 3 is 2.65 bits per heavy atom. The molecule has 1 saturated carbocycles. The van der Waals surface area contributed by atoms with Crippen molar-refractivity contribution in [3.63, 3.8) is 0 Å². The fourth-order valence-corrected chi connectivity index (χ4v) is 2.32. The monoisotopic (exact) mass is 233 g/mol. The first-order chi connectivity index (χ1) is 8.10. The van der Waals surface area contributed by atoms with Crippen molar-refractivity contribution in [1.82, 2.24) is 4.98 Å². The number of nitrogens with one attached hydrogen (secondary N) is 1. The zero-order valence-corrected chi connectivity index (χ0v) is 10.2. The molecule has 1 fully saturated rings. The summed E-state index contributed by atoms with van der Waals surface area (Å²) in [6.45, 7) is 2.05. The van der Waals surface area contributed by atoms with E-state index in [1.54, 1.807) is 18.3 Å². The Morgan fingerprint density at radius 2 is 2.06 bits per heavy atom. The number of nitrogens with two attached hydrogens (primary N) is 1. The predicted molar refractivity (Wildman–Crippen MR) is 68.5 cm³/mol. The van der Waals surface area contributed by atoms with Crippen LogP contribution in [-0.4, -0.2) is 10.9 Å². The van der Waals surface area contributed by atoms with E-state index >= 15 is 0 Å². The molecule has 92 valence electrons. The zero-order valence-electron chi connectivity index (χ0n) is 10.2. The Labute approximate surface area is 102 Å². The first-order valence-corrected chi connectivity index (χ1v) is 6.13. The van der Waals surface area contributed by atoms with E-state index in [0.717, 1.165) is 31.4 Å². The molecular formula is C13H19N3O. The minimum Gasteiger partial charge on any atom is -0.384 e. The molecule has 2 rings (SSSR count). The number of hydrogen-bond acceptors (Lipinski definition) is 3. The van der Waals surface area contributed by atoms with Crippen molar-refractivity contribution in [2.75, 3.05) is 11.1 Å². The van der Waals surface area contributed by atoms with Gasteiger partial charge in [0.2, 0.25) is 5.91 Å². The van der Waals surface area contributed by atoms with Crippen LogP contribution in [-0.2, 0) is 4.79 Å². The molecule has 0 spiro atoms. The molecule has 0 unspecified atom stereocenters. The lowest BCUT2D eigenvalue weighted by Gasteiger charge is -2.31. The molecule has 1 heterocycles. The minimum atomic E-state index is -0.223. The van der Waals surface area contributed by atoms with Gasteiger partial charge in [-0.3, -0.25) is 4.79 Å². The van der Waals surface area contributed by atoms with Crippen molar-refractivity contribution in [3.8, 4) is 0 Å². The van der Waals surface area contributed by atoms with Gasteiger partial charge in [0.05, 0.1) is 11.9 Å². The van der Waals surface area contributed by atoms with Crippen LogP contribution in [0.1, 0.15) is 39.0 Å². The van der Waals surface area contributed by atoms with Gasteiger partial charge < -0.3 is 11.1 Å². The third-order valence-corrected chi connectivity index (χ3v) is 3.55. The number of amides is 1. The molecule has 1 aromatic rings. The van der Waals surface area contributed by atoms with Gasteiger partial charge in [-0.05, 0) is 25.0 Å². The molecule has 4 heteroatoms. The molecule has 1 aliphatic rings. The van der Waals surface area contributed by atoms with Crippen LogP contribution < -0.4 is 11.1 Å². The highest BCUT2D eigenvalue weighted by atomic mass is 16.2. The van der Waals surface area contributed by atoms with Crippen molar-refractivity contribution in [1.29, 1.82) is 0 Å². The minimum absolute atomic E-state index is 0.101. The summed E-state index contributed by atoms with van der Waals surface area (Å²) in [5.74, 6) is 0.565. The van der Waals surface area contributed by atoms with E-state index in [-0.39, 0.29) is 11.3 Å². The lowest BCUT2D eigenvalue weighted by Crippen LogP contribution is -2.35. The van der Waals surface area contributed by atoms with Crippen molar-refractivity contribution >= 4 is 17.4 Å². The average Bonchev–Trinajstić information content (AvgIpc) is 2.33. The zero-order chi connectivity index (χ0) is 12.3. The number of rotatable bonds is 2. The van der Waals surface area contributed by atoms with Gasteiger partial charge in [-0.2, -0.15) is 0 Å². The standard InChI is InChI=1S/C13H19N3O/c1-13(7-3-2-4-8-13)12(17)16-10-5-6-11(14)15-9-10/h5-6,9H,2-4,7-8H2,1H3,(H2,14,15)(H,16,17). The van der Waals surface area contributed by atoms with Gasteiger partial charge in [0.15, 0.2) is 0 Å². The molecule has 0 bridgehead atoms. The van der Waals surface area contributed by atoms with E-state index in [1.807, 2.05) is 6.92 Å². The molecule has 3 N–H and O–H groups in total. The Bertz CT molecular complexity index is 394. The number of pyridine rings is 1. The molecule has 0 radical (unpaired) electrons. The smallest absolute Gasteiger partial charge is 0.230 e. The third-order valence-electron chi connectivity index (χ3n) is 3.55. The Balaban J connectivity index is 2.03. The van der Waals surface area contributed by atoms with Crippen LogP contribution in [0.3, 0.4) is 0 Å². The number of aromatic nitrogens is 1. The Kier molecular flexibility index (Phi) is 3.31. The SMILES string of the molecule is CC1(C(=O)Nc2ccc(N)nc2)CCCCC1. The summed E-state index contributed by atoms with van der Waals surface area (Å²) in [7, 11) is 0. The molecule has 17 heavy (non-hydrogen) atoms. The number of nitrogen functional groups attached to an aromatic ring is 1. The second-order valence-corrected chi connectivity index (χ2v) is 5.05. The summed E-state index contributed by atoms with van der Waals surface area (Å²) >= 11 is 0. The molecule has 1 aliphatic carbocycles. The maximum absolute atomic E-state index is 12.2. The summed E-state index contributed by atoms with van der Waals surface area (Å²) in [5.41, 5.74) is 6.00. The molecule has 4 nitrogen and oxygen atoms in total. The third kappa shape index (κ3) is 2.75. The second-order valence-electron chi connectivity index (χ2n) is 5.05. The van der Waals surface area contributed by atoms with Crippen LogP contribution in [0.4, 0.5) is 11.5 Å². The fraction of sp³-hybridized carbons (Fsp3) is 0.538.